The van der Waals surface area contributed by atoms with Gasteiger partial charge in [0.05, 0.1) is 7.11 Å². The van der Waals surface area contributed by atoms with E-state index in [1.54, 1.807) is 19.4 Å². The van der Waals surface area contributed by atoms with E-state index in [-0.39, 0.29) is 15.7 Å². The van der Waals surface area contributed by atoms with Crippen molar-refractivity contribution in [3.05, 3.63) is 72.5 Å². The van der Waals surface area contributed by atoms with E-state index in [1.807, 2.05) is 54.6 Å². The second-order valence-corrected chi connectivity index (χ2v) is 9.60. The molecule has 0 amide bonds. The molecule has 1 atom stereocenters. The summed E-state index contributed by atoms with van der Waals surface area (Å²) in [6.45, 7) is 0.620. The normalized spacial score (nSPS) is 21.5. The summed E-state index contributed by atoms with van der Waals surface area (Å²) >= 11 is 0. The van der Waals surface area contributed by atoms with Gasteiger partial charge >= 0.3 is 10.0 Å². The van der Waals surface area contributed by atoms with Gasteiger partial charge in [-0.05, 0) is 37.1 Å². The minimum atomic E-state index is -3.47. The predicted octanol–water partition coefficient (Wildman–Crippen LogP) is 3.70. The van der Waals surface area contributed by atoms with Crippen LogP contribution in [-0.4, -0.2) is 33.9 Å². The first kappa shape index (κ1) is 19.7. The maximum absolute atomic E-state index is 13.5. The van der Waals surface area contributed by atoms with Gasteiger partial charge in [-0.1, -0.05) is 24.3 Å². The highest BCUT2D eigenvalue weighted by Gasteiger charge is 2.52. The second kappa shape index (κ2) is 7.67. The van der Waals surface area contributed by atoms with E-state index >= 15 is 0 Å². The van der Waals surface area contributed by atoms with Crippen LogP contribution in [0.4, 0.5) is 5.69 Å². The van der Waals surface area contributed by atoms with Gasteiger partial charge in [0.25, 0.3) is 0 Å². The third-order valence-electron chi connectivity index (χ3n) is 5.27. The number of hydrogen-bond acceptors (Lipinski definition) is 5. The minimum Gasteiger partial charge on any atom is -0.493 e. The monoisotopic (exact) mass is 413 g/mol. The molecule has 0 spiro atoms. The average Bonchev–Trinajstić information content (AvgIpc) is 3.60. The number of quaternary nitrogens is 1. The number of sulfonamides is 1. The van der Waals surface area contributed by atoms with E-state index in [9.17, 15) is 8.42 Å². The number of benzene rings is 2. The van der Waals surface area contributed by atoms with Crippen molar-refractivity contribution in [1.29, 1.82) is 0 Å². The molecule has 0 bridgehead atoms. The van der Waals surface area contributed by atoms with Crippen LogP contribution in [0.1, 0.15) is 12.8 Å². The van der Waals surface area contributed by atoms with Crippen molar-refractivity contribution >= 4 is 15.7 Å². The molecule has 0 aromatic heterocycles. The lowest BCUT2D eigenvalue weighted by molar-refractivity contribution is 0.378. The molecule has 1 heterocycles. The highest BCUT2D eigenvalue weighted by atomic mass is 32.2. The molecule has 1 fully saturated rings. The molecule has 1 aliphatic carbocycles. The molecule has 0 radical (unpaired) electrons. The van der Waals surface area contributed by atoms with Crippen molar-refractivity contribution in [2.24, 2.45) is 5.73 Å². The molecule has 29 heavy (non-hydrogen) atoms. The van der Waals surface area contributed by atoms with E-state index in [2.05, 4.69) is 0 Å². The Balaban J connectivity index is 1.78. The number of hydrogen-bond donors (Lipinski definition) is 1. The van der Waals surface area contributed by atoms with Gasteiger partial charge in [-0.2, -0.15) is 12.3 Å². The van der Waals surface area contributed by atoms with Crippen LogP contribution in [-0.2, 0) is 10.0 Å². The van der Waals surface area contributed by atoms with Gasteiger partial charge in [0, 0.05) is 24.3 Å². The maximum atomic E-state index is 13.5. The Kier molecular flexibility index (Phi) is 5.21. The average molecular weight is 414 g/mol. The van der Waals surface area contributed by atoms with Gasteiger partial charge in [0.1, 0.15) is 23.7 Å². The van der Waals surface area contributed by atoms with Crippen LogP contribution in [0.3, 0.4) is 0 Å². The molecule has 0 saturated heterocycles. The highest BCUT2D eigenvalue weighted by molar-refractivity contribution is 7.92. The Hall–Kier alpha value is -2.61. The van der Waals surface area contributed by atoms with Crippen molar-refractivity contribution in [2.45, 2.75) is 18.1 Å². The van der Waals surface area contributed by atoms with E-state index < -0.39 is 10.0 Å². The zero-order chi connectivity index (χ0) is 20.5. The summed E-state index contributed by atoms with van der Waals surface area (Å²) in [5.41, 5.74) is 7.28. The van der Waals surface area contributed by atoms with Crippen LogP contribution in [0.15, 0.2) is 72.5 Å². The number of nitrogens with zero attached hydrogens (tertiary/aromatic N) is 1. The first-order chi connectivity index (χ1) is 14.0. The first-order valence-corrected chi connectivity index (χ1v) is 11.1. The Morgan fingerprint density at radius 3 is 2.55 bits per heavy atom. The molecule has 1 saturated carbocycles. The first-order valence-electron chi connectivity index (χ1n) is 9.62. The fourth-order valence-corrected chi connectivity index (χ4v) is 5.84. The predicted molar refractivity (Wildman–Crippen MR) is 114 cm³/mol. The third kappa shape index (κ3) is 3.57. The fourth-order valence-electron chi connectivity index (χ4n) is 3.59. The Morgan fingerprint density at radius 2 is 1.86 bits per heavy atom. The summed E-state index contributed by atoms with van der Waals surface area (Å²) in [4.78, 5) is 0. The van der Waals surface area contributed by atoms with Gasteiger partial charge < -0.3 is 15.2 Å². The van der Waals surface area contributed by atoms with E-state index in [0.717, 1.165) is 5.57 Å². The lowest BCUT2D eigenvalue weighted by atomic mass is 10.2. The number of para-hydroxylation sites is 2. The van der Waals surface area contributed by atoms with Crippen LogP contribution in [0.25, 0.3) is 0 Å². The fraction of sp³-hybridized carbons (Fsp3) is 0.273. The largest absolute Gasteiger partial charge is 0.493 e. The van der Waals surface area contributed by atoms with Crippen LogP contribution in [0.5, 0.6) is 17.2 Å². The standard InChI is InChI=1S/C22H25N2O4S/c1-27-21-9-2-3-10-22(21)28-19-8-4-7-18(14-19)24(29(25,26)20-11-12-20)13-5-6-17(15-23)16-24/h2-10,14,16,20H,11-13,15,23H2,1H3/q+1. The zero-order valence-electron chi connectivity index (χ0n) is 16.3. The summed E-state index contributed by atoms with van der Waals surface area (Å²) in [6.07, 6.45) is 6.96. The summed E-state index contributed by atoms with van der Waals surface area (Å²) in [5.74, 6) is 1.73. The van der Waals surface area contributed by atoms with Crippen LogP contribution in [0, 0.1) is 0 Å². The van der Waals surface area contributed by atoms with Crippen LogP contribution < -0.4 is 19.1 Å². The Bertz CT molecular complexity index is 1070. The van der Waals surface area contributed by atoms with Crippen molar-refractivity contribution in [3.8, 4) is 17.2 Å². The van der Waals surface area contributed by atoms with Gasteiger partial charge in [-0.15, -0.1) is 0 Å². The van der Waals surface area contributed by atoms with Gasteiger partial charge in [-0.3, -0.25) is 0 Å². The molecule has 1 aliphatic heterocycles. The van der Waals surface area contributed by atoms with Crippen LogP contribution >= 0.6 is 0 Å². The molecular formula is C22H25N2O4S+. The van der Waals surface area contributed by atoms with Crippen molar-refractivity contribution in [1.82, 2.24) is 3.89 Å². The minimum absolute atomic E-state index is 0.260. The lowest BCUT2D eigenvalue weighted by Gasteiger charge is -2.34. The van der Waals surface area contributed by atoms with Crippen LogP contribution in [0.2, 0.25) is 0 Å². The number of ether oxygens (including phenoxy) is 2. The number of methoxy groups -OCH3 is 1. The number of nitrogens with two attached hydrogens (primary N) is 1. The van der Waals surface area contributed by atoms with Crippen molar-refractivity contribution in [3.63, 3.8) is 0 Å². The Labute approximate surface area is 171 Å². The van der Waals surface area contributed by atoms with Crippen molar-refractivity contribution < 1.29 is 17.9 Å². The van der Waals surface area contributed by atoms with E-state index in [0.29, 0.717) is 42.3 Å². The molecular weight excluding hydrogens is 388 g/mol. The highest BCUT2D eigenvalue weighted by Crippen LogP contribution is 2.42. The molecule has 2 aromatic rings. The summed E-state index contributed by atoms with van der Waals surface area (Å²) < 4.78 is 38.1. The molecule has 2 aliphatic rings. The molecule has 7 heteroatoms. The zero-order valence-corrected chi connectivity index (χ0v) is 17.1. The molecule has 2 N–H and O–H groups in total. The second-order valence-electron chi connectivity index (χ2n) is 7.25. The molecule has 1 unspecified atom stereocenters. The maximum Gasteiger partial charge on any atom is 0.309 e. The van der Waals surface area contributed by atoms with Gasteiger partial charge in [0.15, 0.2) is 17.2 Å². The van der Waals surface area contributed by atoms with Gasteiger partial charge in [0.2, 0.25) is 0 Å². The van der Waals surface area contributed by atoms with Gasteiger partial charge in [-0.25, -0.2) is 0 Å². The topological polar surface area (TPSA) is 78.6 Å². The van der Waals surface area contributed by atoms with E-state index in [1.165, 1.54) is 0 Å². The summed E-state index contributed by atoms with van der Waals surface area (Å²) in [6, 6.07) is 14.6. The molecule has 2 aromatic carbocycles. The molecule has 4 rings (SSSR count). The lowest BCUT2D eigenvalue weighted by Crippen LogP contribution is -2.52. The molecule has 6 nitrogen and oxygen atoms in total. The quantitative estimate of drug-likeness (QED) is 0.700. The molecule has 152 valence electrons. The Morgan fingerprint density at radius 1 is 1.10 bits per heavy atom. The SMILES string of the molecule is COc1ccccc1Oc1cccc([N+]2(S(=O)(=O)C3CC3)C=C(CN)C=CC2)c1. The summed E-state index contributed by atoms with van der Waals surface area (Å²) in [5, 5.41) is -0.317. The van der Waals surface area contributed by atoms with E-state index in [4.69, 9.17) is 15.2 Å². The number of rotatable bonds is 7. The third-order valence-corrected chi connectivity index (χ3v) is 7.96. The summed E-state index contributed by atoms with van der Waals surface area (Å²) in [7, 11) is -1.89. The van der Waals surface area contributed by atoms with Crippen molar-refractivity contribution in [2.75, 3.05) is 20.2 Å². The smallest absolute Gasteiger partial charge is 0.309 e.